The minimum atomic E-state index is -0.444. The second-order valence-corrected chi connectivity index (χ2v) is 10.3. The highest BCUT2D eigenvalue weighted by Crippen LogP contribution is 2.28. The largest absolute Gasteiger partial charge is 0.336 e. The number of hydrogen-bond acceptors (Lipinski definition) is 7. The summed E-state index contributed by atoms with van der Waals surface area (Å²) in [5, 5.41) is 8.52. The molecule has 3 aromatic heterocycles. The molecule has 0 aliphatic heterocycles. The van der Waals surface area contributed by atoms with Crippen molar-refractivity contribution in [1.29, 1.82) is 0 Å². The Balaban J connectivity index is 1.66. The van der Waals surface area contributed by atoms with Crippen molar-refractivity contribution in [2.75, 3.05) is 15.9 Å². The van der Waals surface area contributed by atoms with Gasteiger partial charge >= 0.3 is 6.03 Å². The highest BCUT2D eigenvalue weighted by molar-refractivity contribution is 7.98. The first-order valence-electron chi connectivity index (χ1n) is 10.9. The Bertz CT molecular complexity index is 1490. The Hall–Kier alpha value is -3.31. The number of rotatable bonds is 4. The molecule has 11 heteroatoms. The Morgan fingerprint density at radius 3 is 2.57 bits per heavy atom. The van der Waals surface area contributed by atoms with Crippen LogP contribution in [0.5, 0.6) is 0 Å². The molecule has 0 atom stereocenters. The van der Waals surface area contributed by atoms with Crippen molar-refractivity contribution in [3.8, 4) is 11.1 Å². The van der Waals surface area contributed by atoms with Gasteiger partial charge in [-0.05, 0) is 63.3 Å². The number of thiol groups is 1. The number of nitrogens with one attached hydrogen (secondary N) is 1. The Kier molecular flexibility index (Phi) is 6.65. The summed E-state index contributed by atoms with van der Waals surface area (Å²) in [6, 6.07) is 6.79. The fourth-order valence-electron chi connectivity index (χ4n) is 3.60. The van der Waals surface area contributed by atoms with E-state index in [4.69, 9.17) is 0 Å². The molecule has 0 aliphatic rings. The molecule has 9 nitrogen and oxygen atoms in total. The third kappa shape index (κ3) is 4.92. The normalized spacial score (nSPS) is 11.6. The molecule has 0 saturated heterocycles. The molecule has 4 aromatic rings. The number of aryl methyl sites for hydroxylation is 2. The summed E-state index contributed by atoms with van der Waals surface area (Å²) in [5.41, 5.74) is 3.37. The van der Waals surface area contributed by atoms with E-state index in [0.717, 1.165) is 10.9 Å². The number of nitrogens with zero attached hydrogens (tertiary/aromatic N) is 6. The van der Waals surface area contributed by atoms with Gasteiger partial charge in [0.2, 0.25) is 0 Å². The van der Waals surface area contributed by atoms with Gasteiger partial charge in [-0.3, -0.25) is 14.0 Å². The highest BCUT2D eigenvalue weighted by Gasteiger charge is 2.20. The van der Waals surface area contributed by atoms with Crippen molar-refractivity contribution in [2.24, 2.45) is 7.05 Å². The molecule has 0 spiro atoms. The van der Waals surface area contributed by atoms with Crippen LogP contribution in [0.3, 0.4) is 0 Å². The summed E-state index contributed by atoms with van der Waals surface area (Å²) in [5.74, 6) is 0. The summed E-state index contributed by atoms with van der Waals surface area (Å²) >= 11 is 5.77. The number of aromatic nitrogens is 5. The number of anilines is 2. The van der Waals surface area contributed by atoms with Gasteiger partial charge in [-0.25, -0.2) is 19.1 Å². The highest BCUT2D eigenvalue weighted by atomic mass is 32.2. The number of urea groups is 1. The van der Waals surface area contributed by atoms with Gasteiger partial charge in [0.05, 0.1) is 23.6 Å². The Labute approximate surface area is 213 Å². The van der Waals surface area contributed by atoms with Crippen LogP contribution in [0.25, 0.3) is 22.2 Å². The van der Waals surface area contributed by atoms with Crippen molar-refractivity contribution in [3.63, 3.8) is 0 Å². The van der Waals surface area contributed by atoms with Gasteiger partial charge in [0.15, 0.2) is 5.16 Å². The minimum Gasteiger partial charge on any atom is -0.307 e. The van der Waals surface area contributed by atoms with Gasteiger partial charge in [0.25, 0.3) is 5.56 Å². The third-order valence-electron chi connectivity index (χ3n) is 5.58. The summed E-state index contributed by atoms with van der Waals surface area (Å²) in [7, 11) is 1.70. The minimum absolute atomic E-state index is 0.180. The van der Waals surface area contributed by atoms with Crippen molar-refractivity contribution in [1.82, 2.24) is 24.3 Å². The fourth-order valence-corrected chi connectivity index (χ4v) is 4.08. The number of carbonyl (C=O) groups is 1. The van der Waals surface area contributed by atoms with E-state index >= 15 is 0 Å². The predicted molar refractivity (Wildman–Crippen MR) is 144 cm³/mol. The van der Waals surface area contributed by atoms with Crippen molar-refractivity contribution < 1.29 is 4.79 Å². The lowest BCUT2D eigenvalue weighted by atomic mass is 10.00. The second-order valence-electron chi connectivity index (χ2n) is 9.14. The molecule has 0 bridgehead atoms. The average molecular weight is 510 g/mol. The molecule has 182 valence electrons. The number of thioether (sulfide) groups is 1. The molecule has 1 N–H and O–H groups in total. The average Bonchev–Trinajstić information content (AvgIpc) is 3.33. The quantitative estimate of drug-likeness (QED) is 0.232. The zero-order valence-electron chi connectivity index (χ0n) is 20.4. The summed E-state index contributed by atoms with van der Waals surface area (Å²) < 4.78 is 4.49. The Morgan fingerprint density at radius 1 is 1.17 bits per heavy atom. The summed E-state index contributed by atoms with van der Waals surface area (Å²) in [6.45, 7) is 7.98. The van der Waals surface area contributed by atoms with Crippen LogP contribution in [-0.4, -0.2) is 36.6 Å². The van der Waals surface area contributed by atoms with Crippen molar-refractivity contribution in [2.45, 2.75) is 38.4 Å². The van der Waals surface area contributed by atoms with Crippen molar-refractivity contribution >= 4 is 53.0 Å². The maximum Gasteiger partial charge on any atom is 0.336 e. The van der Waals surface area contributed by atoms with Crippen LogP contribution in [0.4, 0.5) is 16.2 Å². The zero-order chi connectivity index (χ0) is 25.5. The van der Waals surface area contributed by atoms with Crippen LogP contribution in [0, 0.1) is 6.92 Å². The van der Waals surface area contributed by atoms with Gasteiger partial charge < -0.3 is 5.32 Å². The molecule has 3 heterocycles. The topological polar surface area (TPSA) is 97.9 Å². The van der Waals surface area contributed by atoms with Crippen LogP contribution in [0.1, 0.15) is 26.3 Å². The molecule has 4 rings (SSSR count). The van der Waals surface area contributed by atoms with Crippen LogP contribution in [0.15, 0.2) is 52.8 Å². The number of hydrogen-bond donors (Lipinski definition) is 2. The lowest BCUT2D eigenvalue weighted by Crippen LogP contribution is -2.27. The van der Waals surface area contributed by atoms with Gasteiger partial charge in [-0.1, -0.05) is 30.6 Å². The van der Waals surface area contributed by atoms with Gasteiger partial charge in [-0.2, -0.15) is 5.10 Å². The monoisotopic (exact) mass is 509 g/mol. The van der Waals surface area contributed by atoms with E-state index in [1.165, 1.54) is 20.6 Å². The van der Waals surface area contributed by atoms with E-state index in [0.29, 0.717) is 33.3 Å². The zero-order valence-corrected chi connectivity index (χ0v) is 22.1. The number of amides is 2. The molecule has 0 fully saturated rings. The first kappa shape index (κ1) is 24.8. The maximum absolute atomic E-state index is 13.2. The van der Waals surface area contributed by atoms with E-state index in [2.05, 4.69) is 33.2 Å². The van der Waals surface area contributed by atoms with E-state index in [1.807, 2.05) is 40.0 Å². The number of benzene rings is 1. The van der Waals surface area contributed by atoms with Crippen molar-refractivity contribution in [3.05, 3.63) is 58.8 Å². The molecular weight excluding hydrogens is 482 g/mol. The molecule has 0 unspecified atom stereocenters. The first-order chi connectivity index (χ1) is 16.5. The van der Waals surface area contributed by atoms with Crippen LogP contribution in [-0.2, 0) is 12.6 Å². The number of carbonyl (C=O) groups excluding carboxylic acids is 1. The van der Waals surface area contributed by atoms with Crippen LogP contribution in [0.2, 0.25) is 0 Å². The van der Waals surface area contributed by atoms with Crippen LogP contribution >= 0.6 is 24.6 Å². The molecule has 0 radical (unpaired) electrons. The van der Waals surface area contributed by atoms with E-state index < -0.39 is 6.03 Å². The molecule has 1 aromatic carbocycles. The predicted octanol–water partition coefficient (Wildman–Crippen LogP) is 4.86. The molecular formula is C24H27N7O2S2. The lowest BCUT2D eigenvalue weighted by molar-refractivity contribution is 0.260. The smallest absolute Gasteiger partial charge is 0.307 e. The molecule has 35 heavy (non-hydrogen) atoms. The van der Waals surface area contributed by atoms with Gasteiger partial charge in [0.1, 0.15) is 5.65 Å². The number of fused-ring (bicyclic) bond motifs is 1. The molecule has 2 amide bonds. The third-order valence-corrected chi connectivity index (χ3v) is 6.56. The second kappa shape index (κ2) is 9.38. The van der Waals surface area contributed by atoms with E-state index in [-0.39, 0.29) is 11.1 Å². The summed E-state index contributed by atoms with van der Waals surface area (Å²) in [6.07, 6.45) is 6.95. The van der Waals surface area contributed by atoms with Gasteiger partial charge in [-0.15, -0.1) is 0 Å². The van der Waals surface area contributed by atoms with Crippen LogP contribution < -0.4 is 15.2 Å². The SMILES string of the molecule is CSc1ncc2cc(-c3cc(NC(=O)N(S)c4cnn(C(C)(C)C)c4)ccc3C)c(=O)n(C)c2n1. The maximum atomic E-state index is 13.2. The van der Waals surface area contributed by atoms with Gasteiger partial charge in [0, 0.05) is 29.9 Å². The van der Waals surface area contributed by atoms with E-state index in [1.54, 1.807) is 48.5 Å². The van der Waals surface area contributed by atoms with E-state index in [9.17, 15) is 9.59 Å². The summed E-state index contributed by atoms with van der Waals surface area (Å²) in [4.78, 5) is 34.9. The number of pyridine rings is 1. The molecule has 0 saturated carbocycles. The molecule has 0 aliphatic carbocycles. The lowest BCUT2D eigenvalue weighted by Gasteiger charge is -2.19. The fraction of sp³-hybridized carbons (Fsp3) is 0.292. The Morgan fingerprint density at radius 2 is 1.91 bits per heavy atom. The first-order valence-corrected chi connectivity index (χ1v) is 12.5. The standard InChI is InChI=1S/C24H27N7O2S2/c1-14-7-8-16(27-23(33)31(34)17-12-26-30(13-17)24(2,3)4)10-18(14)19-9-15-11-25-22(35-6)28-20(15)29(5)21(19)32/h7-13,34H,1-6H3,(H,27,33).